The summed E-state index contributed by atoms with van der Waals surface area (Å²) in [6.07, 6.45) is 10.2. The zero-order valence-electron chi connectivity index (χ0n) is 18.8. The van der Waals surface area contributed by atoms with Crippen LogP contribution in [0, 0.1) is 5.92 Å². The minimum Gasteiger partial charge on any atom is -0.406 e. The number of benzene rings is 2. The summed E-state index contributed by atoms with van der Waals surface area (Å²) >= 11 is 0. The number of allylic oxidation sites excluding steroid dienone is 2. The van der Waals surface area contributed by atoms with Crippen LogP contribution in [0.4, 0.5) is 13.2 Å². The van der Waals surface area contributed by atoms with Crippen molar-refractivity contribution in [3.8, 4) is 5.75 Å². The number of aryl methyl sites for hydroxylation is 1. The number of hydrogen-bond donors (Lipinski definition) is 0. The van der Waals surface area contributed by atoms with Gasteiger partial charge in [-0.1, -0.05) is 42.5 Å². The topological polar surface area (TPSA) is 9.23 Å². The second kappa shape index (κ2) is 10.1. The molecule has 0 amide bonds. The van der Waals surface area contributed by atoms with Gasteiger partial charge >= 0.3 is 6.36 Å². The molecule has 172 valence electrons. The second-order valence-electron chi connectivity index (χ2n) is 9.45. The lowest BCUT2D eigenvalue weighted by Gasteiger charge is -2.29. The largest absolute Gasteiger partial charge is 0.573 e. The third-order valence-corrected chi connectivity index (χ3v) is 7.34. The van der Waals surface area contributed by atoms with Gasteiger partial charge in [0.2, 0.25) is 0 Å². The summed E-state index contributed by atoms with van der Waals surface area (Å²) in [5.74, 6) is 1.87. The van der Waals surface area contributed by atoms with Crippen molar-refractivity contribution < 1.29 is 17.9 Å². The van der Waals surface area contributed by atoms with E-state index in [2.05, 4.69) is 48.1 Å². The number of rotatable bonds is 6. The molecule has 0 aromatic heterocycles. The van der Waals surface area contributed by atoms with Crippen LogP contribution in [0.15, 0.2) is 54.6 Å². The molecule has 0 radical (unpaired) electrons. The molecule has 4 rings (SSSR count). The van der Waals surface area contributed by atoms with Crippen molar-refractivity contribution in [2.75, 3.05) is 0 Å². The molecule has 0 bridgehead atoms. The maximum absolute atomic E-state index is 12.5. The predicted octanol–water partition coefficient (Wildman–Crippen LogP) is 8.49. The highest BCUT2D eigenvalue weighted by molar-refractivity contribution is 5.40. The fourth-order valence-electron chi connectivity index (χ4n) is 5.54. The molecular formula is C28H33F3O. The van der Waals surface area contributed by atoms with Crippen molar-refractivity contribution in [1.29, 1.82) is 0 Å². The van der Waals surface area contributed by atoms with Crippen molar-refractivity contribution in [2.24, 2.45) is 5.92 Å². The van der Waals surface area contributed by atoms with Crippen molar-refractivity contribution in [3.05, 3.63) is 76.9 Å². The molecule has 1 fully saturated rings. The van der Waals surface area contributed by atoms with Gasteiger partial charge < -0.3 is 4.74 Å². The van der Waals surface area contributed by atoms with Gasteiger partial charge in [-0.15, -0.1) is 13.2 Å². The summed E-state index contributed by atoms with van der Waals surface area (Å²) in [5, 5.41) is 0. The van der Waals surface area contributed by atoms with Crippen LogP contribution >= 0.6 is 0 Å². The SMILES string of the molecule is C/C=C/CCC1CCC(c2ccc(C3CCc4cc(OC(F)(F)F)ccc4C3)cc2)CC1. The van der Waals surface area contributed by atoms with Crippen LogP contribution in [0.3, 0.4) is 0 Å². The Bertz CT molecular complexity index is 905. The van der Waals surface area contributed by atoms with Crippen LogP contribution < -0.4 is 4.74 Å². The molecule has 1 nitrogen and oxygen atoms in total. The van der Waals surface area contributed by atoms with Crippen LogP contribution in [-0.2, 0) is 12.8 Å². The summed E-state index contributed by atoms with van der Waals surface area (Å²) in [6.45, 7) is 2.09. The van der Waals surface area contributed by atoms with Gasteiger partial charge in [0.25, 0.3) is 0 Å². The van der Waals surface area contributed by atoms with Crippen molar-refractivity contribution in [3.63, 3.8) is 0 Å². The summed E-state index contributed by atoms with van der Waals surface area (Å²) < 4.78 is 41.5. The maximum Gasteiger partial charge on any atom is 0.573 e. The Hall–Kier alpha value is -2.23. The first kappa shape index (κ1) is 22.9. The van der Waals surface area contributed by atoms with E-state index in [0.717, 1.165) is 36.3 Å². The molecule has 2 aliphatic rings. The number of alkyl halides is 3. The summed E-state index contributed by atoms with van der Waals surface area (Å²) in [7, 11) is 0. The fraction of sp³-hybridized carbons (Fsp3) is 0.500. The fourth-order valence-corrected chi connectivity index (χ4v) is 5.54. The normalized spacial score (nSPS) is 23.8. The van der Waals surface area contributed by atoms with E-state index < -0.39 is 6.36 Å². The lowest BCUT2D eigenvalue weighted by Crippen LogP contribution is -2.18. The van der Waals surface area contributed by atoms with Gasteiger partial charge in [0.05, 0.1) is 0 Å². The predicted molar refractivity (Wildman–Crippen MR) is 123 cm³/mol. The third-order valence-electron chi connectivity index (χ3n) is 7.34. The molecular weight excluding hydrogens is 409 g/mol. The molecule has 0 spiro atoms. The molecule has 4 heteroatoms. The Morgan fingerprint density at radius 1 is 0.875 bits per heavy atom. The van der Waals surface area contributed by atoms with E-state index in [1.807, 2.05) is 0 Å². The Balaban J connectivity index is 1.33. The number of hydrogen-bond acceptors (Lipinski definition) is 1. The van der Waals surface area contributed by atoms with Crippen LogP contribution in [0.2, 0.25) is 0 Å². The molecule has 32 heavy (non-hydrogen) atoms. The van der Waals surface area contributed by atoms with E-state index in [9.17, 15) is 13.2 Å². The van der Waals surface area contributed by atoms with E-state index >= 15 is 0 Å². The van der Waals surface area contributed by atoms with Crippen molar-refractivity contribution in [1.82, 2.24) is 0 Å². The maximum atomic E-state index is 12.5. The van der Waals surface area contributed by atoms with Crippen LogP contribution in [0.5, 0.6) is 5.75 Å². The van der Waals surface area contributed by atoms with E-state index in [0.29, 0.717) is 11.8 Å². The highest BCUT2D eigenvalue weighted by atomic mass is 19.4. The highest BCUT2D eigenvalue weighted by Gasteiger charge is 2.31. The molecule has 2 aromatic rings. The monoisotopic (exact) mass is 442 g/mol. The van der Waals surface area contributed by atoms with E-state index in [1.54, 1.807) is 12.1 Å². The molecule has 1 atom stereocenters. The number of halogens is 3. The summed E-state index contributed by atoms with van der Waals surface area (Å²) in [6, 6.07) is 14.0. The first-order valence-electron chi connectivity index (χ1n) is 12.0. The Morgan fingerprint density at radius 3 is 2.22 bits per heavy atom. The summed E-state index contributed by atoms with van der Waals surface area (Å²) in [5.41, 5.74) is 4.92. The van der Waals surface area contributed by atoms with Crippen LogP contribution in [0.25, 0.3) is 0 Å². The molecule has 2 aromatic carbocycles. The minimum absolute atomic E-state index is 0.115. The standard InChI is InChI=1S/C28H33F3O/c1-2-3-4-5-20-6-8-21(9-7-20)22-10-12-23(13-11-22)24-14-15-26-19-27(32-28(29,30)31)17-16-25(26)18-24/h2-3,10-13,16-17,19-21,24H,4-9,14-15,18H2,1H3/b3-2+. The van der Waals surface area contributed by atoms with E-state index in [1.165, 1.54) is 55.7 Å². The Kier molecular flexibility index (Phi) is 7.27. The first-order valence-corrected chi connectivity index (χ1v) is 12.0. The van der Waals surface area contributed by atoms with E-state index in [-0.39, 0.29) is 5.75 Å². The molecule has 0 aliphatic heterocycles. The Morgan fingerprint density at radius 2 is 1.56 bits per heavy atom. The van der Waals surface area contributed by atoms with Crippen molar-refractivity contribution in [2.45, 2.75) is 82.9 Å². The zero-order valence-corrected chi connectivity index (χ0v) is 18.8. The smallest absolute Gasteiger partial charge is 0.406 e. The number of fused-ring (bicyclic) bond motifs is 1. The average molecular weight is 443 g/mol. The lowest BCUT2D eigenvalue weighted by molar-refractivity contribution is -0.274. The van der Waals surface area contributed by atoms with Crippen LogP contribution in [0.1, 0.15) is 86.0 Å². The van der Waals surface area contributed by atoms with Gasteiger partial charge in [0, 0.05) is 0 Å². The van der Waals surface area contributed by atoms with Gasteiger partial charge in [-0.25, -0.2) is 0 Å². The van der Waals surface area contributed by atoms with Crippen molar-refractivity contribution >= 4 is 0 Å². The zero-order chi connectivity index (χ0) is 22.6. The molecule has 0 heterocycles. The van der Waals surface area contributed by atoms with Gasteiger partial charge in [-0.05, 0) is 117 Å². The van der Waals surface area contributed by atoms with E-state index in [4.69, 9.17) is 0 Å². The highest BCUT2D eigenvalue weighted by Crippen LogP contribution is 2.39. The summed E-state index contributed by atoms with van der Waals surface area (Å²) in [4.78, 5) is 0. The van der Waals surface area contributed by atoms with Gasteiger partial charge in [0.1, 0.15) is 5.75 Å². The molecule has 0 N–H and O–H groups in total. The number of ether oxygens (including phenoxy) is 1. The average Bonchev–Trinajstić information content (AvgIpc) is 2.78. The second-order valence-corrected chi connectivity index (χ2v) is 9.45. The molecule has 2 aliphatic carbocycles. The minimum atomic E-state index is -4.64. The van der Waals surface area contributed by atoms with Gasteiger partial charge in [-0.3, -0.25) is 0 Å². The quantitative estimate of drug-likeness (QED) is 0.408. The molecule has 1 saturated carbocycles. The Labute approximate surface area is 189 Å². The molecule has 1 unspecified atom stereocenters. The van der Waals surface area contributed by atoms with Crippen LogP contribution in [-0.4, -0.2) is 6.36 Å². The first-order chi connectivity index (χ1) is 15.4. The third kappa shape index (κ3) is 5.96. The van der Waals surface area contributed by atoms with Gasteiger partial charge in [-0.2, -0.15) is 0 Å². The lowest BCUT2D eigenvalue weighted by atomic mass is 9.76. The van der Waals surface area contributed by atoms with Gasteiger partial charge in [0.15, 0.2) is 0 Å². The molecule has 0 saturated heterocycles.